The van der Waals surface area contributed by atoms with Gasteiger partial charge in [0.1, 0.15) is 6.17 Å². The summed E-state index contributed by atoms with van der Waals surface area (Å²) in [5, 5.41) is 0. The highest BCUT2D eigenvalue weighted by molar-refractivity contribution is 4.97. The normalized spacial score (nSPS) is 14.9. The van der Waals surface area contributed by atoms with Gasteiger partial charge in [-0.2, -0.15) is 0 Å². The van der Waals surface area contributed by atoms with Crippen molar-refractivity contribution in [3.63, 3.8) is 0 Å². The van der Waals surface area contributed by atoms with E-state index in [0.29, 0.717) is 6.17 Å². The molecular weight excluding hydrogens is 520 g/mol. The summed E-state index contributed by atoms with van der Waals surface area (Å²) in [7, 11) is 0. The van der Waals surface area contributed by atoms with Crippen LogP contribution in [0.2, 0.25) is 0 Å². The fourth-order valence-corrected chi connectivity index (χ4v) is 7.07. The van der Waals surface area contributed by atoms with Gasteiger partial charge in [0.2, 0.25) is 0 Å². The Bertz CT molecular complexity index is 558. The summed E-state index contributed by atoms with van der Waals surface area (Å²) < 4.78 is 0. The highest BCUT2D eigenvalue weighted by Gasteiger charge is 2.24. The first kappa shape index (κ1) is 40.4. The lowest BCUT2D eigenvalue weighted by Gasteiger charge is -2.33. The van der Waals surface area contributed by atoms with E-state index < -0.39 is 0 Å². The maximum absolute atomic E-state index is 2.72. The van der Waals surface area contributed by atoms with Crippen LogP contribution < -0.4 is 0 Å². The van der Waals surface area contributed by atoms with Gasteiger partial charge in [-0.25, -0.2) is 0 Å². The Hall–Kier alpha value is -0.660. The molecule has 1 atom stereocenters. The Labute approximate surface area is 273 Å². The molecule has 0 spiro atoms. The largest absolute Gasteiger partial charge is 0.356 e. The van der Waals surface area contributed by atoms with Crippen LogP contribution in [0.3, 0.4) is 0 Å². The van der Waals surface area contributed by atoms with Crippen molar-refractivity contribution in [2.75, 3.05) is 13.1 Å². The lowest BCUT2D eigenvalue weighted by atomic mass is 10.0. The van der Waals surface area contributed by atoms with Crippen LogP contribution in [0, 0.1) is 0 Å². The van der Waals surface area contributed by atoms with Crippen LogP contribution in [-0.4, -0.2) is 29.1 Å². The Balaban J connectivity index is 2.21. The van der Waals surface area contributed by atoms with Crippen molar-refractivity contribution in [2.45, 2.75) is 239 Å². The topological polar surface area (TPSA) is 6.48 Å². The van der Waals surface area contributed by atoms with E-state index in [1.54, 1.807) is 0 Å². The van der Waals surface area contributed by atoms with Crippen molar-refractivity contribution in [3.8, 4) is 0 Å². The second-order valence-electron chi connectivity index (χ2n) is 14.3. The maximum Gasteiger partial charge on any atom is 0.101 e. The standard InChI is InChI=1S/C41H82N2/c1-4-7-10-13-16-19-21-22-24-26-29-32-35-38-43-40-39-42(37-34-31-28-18-15-12-9-6-3)41(43)36-33-30-27-25-23-20-17-14-11-8-5-2/h39-41H,4-38H2,1-3H3. The molecule has 0 saturated carbocycles. The zero-order valence-corrected chi connectivity index (χ0v) is 30.4. The number of hydrogen-bond acceptors (Lipinski definition) is 2. The lowest BCUT2D eigenvalue weighted by molar-refractivity contribution is 0.135. The molecule has 1 rings (SSSR count). The SMILES string of the molecule is CCCCCCCCCCCCCCCN1C=CN(CCCCCCCCCC)C1CCCCCCCCCCCCC. The van der Waals surface area contributed by atoms with Crippen LogP contribution >= 0.6 is 0 Å². The van der Waals surface area contributed by atoms with Crippen LogP contribution in [0.5, 0.6) is 0 Å². The van der Waals surface area contributed by atoms with Crippen LogP contribution in [0.15, 0.2) is 12.4 Å². The average Bonchev–Trinajstić information content (AvgIpc) is 3.40. The number of unbranched alkanes of at least 4 members (excludes halogenated alkanes) is 29. The van der Waals surface area contributed by atoms with E-state index in [0.717, 1.165) is 0 Å². The van der Waals surface area contributed by atoms with Crippen LogP contribution in [-0.2, 0) is 0 Å². The molecule has 0 radical (unpaired) electrons. The molecule has 1 unspecified atom stereocenters. The molecule has 0 saturated heterocycles. The summed E-state index contributed by atoms with van der Waals surface area (Å²) in [5.41, 5.74) is 0. The van der Waals surface area contributed by atoms with Gasteiger partial charge >= 0.3 is 0 Å². The molecule has 0 N–H and O–H groups in total. The Morgan fingerprint density at radius 2 is 0.535 bits per heavy atom. The van der Waals surface area contributed by atoms with Gasteiger partial charge in [-0.05, 0) is 25.7 Å². The molecule has 0 fully saturated rings. The Kier molecular flexibility index (Phi) is 30.7. The maximum atomic E-state index is 2.72. The first-order valence-electron chi connectivity index (χ1n) is 20.5. The summed E-state index contributed by atoms with van der Waals surface area (Å²) in [4.78, 5) is 5.44. The molecule has 0 aliphatic carbocycles. The van der Waals surface area contributed by atoms with Gasteiger partial charge in [-0.1, -0.05) is 207 Å². The number of nitrogens with zero attached hydrogens (tertiary/aromatic N) is 2. The van der Waals surface area contributed by atoms with Gasteiger partial charge < -0.3 is 9.80 Å². The van der Waals surface area contributed by atoms with Crippen LogP contribution in [0.4, 0.5) is 0 Å². The quantitative estimate of drug-likeness (QED) is 0.0666. The zero-order valence-electron chi connectivity index (χ0n) is 30.4. The third-order valence-corrected chi connectivity index (χ3v) is 10.1. The smallest absolute Gasteiger partial charge is 0.101 e. The Morgan fingerprint density at radius 3 is 0.814 bits per heavy atom. The highest BCUT2D eigenvalue weighted by Crippen LogP contribution is 2.24. The van der Waals surface area contributed by atoms with Gasteiger partial charge in [0.25, 0.3) is 0 Å². The van der Waals surface area contributed by atoms with Crippen molar-refractivity contribution in [1.29, 1.82) is 0 Å². The third-order valence-electron chi connectivity index (χ3n) is 10.1. The fourth-order valence-electron chi connectivity index (χ4n) is 7.07. The molecule has 2 nitrogen and oxygen atoms in total. The molecule has 1 aliphatic heterocycles. The molecule has 256 valence electrons. The molecule has 1 heterocycles. The monoisotopic (exact) mass is 603 g/mol. The van der Waals surface area contributed by atoms with Crippen molar-refractivity contribution in [3.05, 3.63) is 12.4 Å². The van der Waals surface area contributed by atoms with E-state index in [1.807, 2.05) is 0 Å². The molecular formula is C41H82N2. The van der Waals surface area contributed by atoms with Gasteiger partial charge in [-0.15, -0.1) is 0 Å². The van der Waals surface area contributed by atoms with Gasteiger partial charge in [0.15, 0.2) is 0 Å². The molecule has 0 aromatic heterocycles. The second-order valence-corrected chi connectivity index (χ2v) is 14.3. The Morgan fingerprint density at radius 1 is 0.302 bits per heavy atom. The zero-order chi connectivity index (χ0) is 30.9. The summed E-state index contributed by atoms with van der Waals surface area (Å²) in [6.07, 6.45) is 52.9. The van der Waals surface area contributed by atoms with Crippen molar-refractivity contribution < 1.29 is 0 Å². The minimum atomic E-state index is 0.639. The summed E-state index contributed by atoms with van der Waals surface area (Å²) >= 11 is 0. The number of hydrogen-bond donors (Lipinski definition) is 0. The average molecular weight is 603 g/mol. The molecule has 2 heteroatoms. The van der Waals surface area contributed by atoms with Crippen LogP contribution in [0.25, 0.3) is 0 Å². The lowest BCUT2D eigenvalue weighted by Crippen LogP contribution is -2.39. The van der Waals surface area contributed by atoms with Gasteiger partial charge in [-0.3, -0.25) is 0 Å². The third kappa shape index (κ3) is 25.2. The van der Waals surface area contributed by atoms with Crippen molar-refractivity contribution >= 4 is 0 Å². The predicted octanol–water partition coefficient (Wildman–Crippen LogP) is 14.3. The minimum absolute atomic E-state index is 0.639. The van der Waals surface area contributed by atoms with E-state index in [2.05, 4.69) is 43.0 Å². The summed E-state index contributed by atoms with van der Waals surface area (Å²) in [5.74, 6) is 0. The second kappa shape index (κ2) is 32.7. The highest BCUT2D eigenvalue weighted by atomic mass is 15.4. The summed E-state index contributed by atoms with van der Waals surface area (Å²) in [6.45, 7) is 9.48. The molecule has 0 aromatic rings. The minimum Gasteiger partial charge on any atom is -0.356 e. The summed E-state index contributed by atoms with van der Waals surface area (Å²) in [6, 6.07) is 0. The van der Waals surface area contributed by atoms with Gasteiger partial charge in [0, 0.05) is 25.5 Å². The van der Waals surface area contributed by atoms with E-state index in [4.69, 9.17) is 0 Å². The van der Waals surface area contributed by atoms with Gasteiger partial charge in [0.05, 0.1) is 0 Å². The molecule has 0 bridgehead atoms. The first-order valence-corrected chi connectivity index (χ1v) is 20.5. The molecule has 43 heavy (non-hydrogen) atoms. The van der Waals surface area contributed by atoms with E-state index in [-0.39, 0.29) is 0 Å². The fraction of sp³-hybridized carbons (Fsp3) is 0.951. The van der Waals surface area contributed by atoms with E-state index >= 15 is 0 Å². The molecule has 0 amide bonds. The van der Waals surface area contributed by atoms with Crippen molar-refractivity contribution in [1.82, 2.24) is 9.80 Å². The van der Waals surface area contributed by atoms with Crippen LogP contribution in [0.1, 0.15) is 233 Å². The molecule has 1 aliphatic rings. The number of rotatable bonds is 35. The first-order chi connectivity index (χ1) is 21.3. The van der Waals surface area contributed by atoms with E-state index in [1.165, 1.54) is 225 Å². The van der Waals surface area contributed by atoms with E-state index in [9.17, 15) is 0 Å². The predicted molar refractivity (Wildman–Crippen MR) is 196 cm³/mol. The molecule has 0 aromatic carbocycles. The van der Waals surface area contributed by atoms with Crippen molar-refractivity contribution in [2.24, 2.45) is 0 Å².